The predicted octanol–water partition coefficient (Wildman–Crippen LogP) is 3.55. The lowest BCUT2D eigenvalue weighted by atomic mass is 10.1. The Balaban J connectivity index is 1.58. The minimum absolute atomic E-state index is 0.194. The van der Waals surface area contributed by atoms with Crippen LogP contribution >= 0.6 is 15.9 Å². The number of aromatic nitrogens is 2. The van der Waals surface area contributed by atoms with Gasteiger partial charge < -0.3 is 20.1 Å². The Morgan fingerprint density at radius 3 is 2.93 bits per heavy atom. The summed E-state index contributed by atoms with van der Waals surface area (Å²) in [6, 6.07) is 12.6. The van der Waals surface area contributed by atoms with Gasteiger partial charge in [0.05, 0.1) is 18.5 Å². The number of carbonyl (C=O) groups is 1. The number of amides is 1. The molecule has 4 rings (SSSR count). The second-order valence-electron chi connectivity index (χ2n) is 6.52. The van der Waals surface area contributed by atoms with Gasteiger partial charge in [0.1, 0.15) is 18.0 Å². The van der Waals surface area contributed by atoms with E-state index in [9.17, 15) is 14.7 Å². The molecule has 9 heteroatoms. The standard InChI is InChI=1S/C21H17BrN4O4/c1-30-18-5-3-2-4-16(18)24-19(27)11-26-20(28)17(25-21(26)29)8-12-10-23-15-7-6-13(22)9-14(12)15/h2-10,28H,11H2,1H3,(H,24,27)(H,25,29). The highest BCUT2D eigenvalue weighted by Crippen LogP contribution is 2.35. The summed E-state index contributed by atoms with van der Waals surface area (Å²) in [5, 5.41) is 13.2. The monoisotopic (exact) mass is 468 g/mol. The van der Waals surface area contributed by atoms with E-state index < -0.39 is 11.6 Å². The van der Waals surface area contributed by atoms with Gasteiger partial charge in [0.15, 0.2) is 0 Å². The largest absolute Gasteiger partial charge is 0.495 e. The number of halogens is 1. The molecule has 3 N–H and O–H groups in total. The molecule has 0 spiro atoms. The molecule has 1 aliphatic rings. The average Bonchev–Trinajstić information content (AvgIpc) is 3.24. The number of benzene rings is 2. The van der Waals surface area contributed by atoms with Crippen molar-refractivity contribution in [3.05, 3.63) is 68.7 Å². The maximum Gasteiger partial charge on any atom is 0.329 e. The van der Waals surface area contributed by atoms with Gasteiger partial charge in [0, 0.05) is 21.8 Å². The lowest BCUT2D eigenvalue weighted by Gasteiger charge is -2.10. The Morgan fingerprint density at radius 1 is 1.33 bits per heavy atom. The molecule has 1 aromatic heterocycles. The topological polar surface area (TPSA) is 109 Å². The Morgan fingerprint density at radius 2 is 2.13 bits per heavy atom. The smallest absolute Gasteiger partial charge is 0.329 e. The fourth-order valence-electron chi connectivity index (χ4n) is 3.14. The van der Waals surface area contributed by atoms with Crippen LogP contribution in [0.1, 0.15) is 11.3 Å². The summed E-state index contributed by atoms with van der Waals surface area (Å²) >= 11 is 3.43. The average molecular weight is 469 g/mol. The third-order valence-electron chi connectivity index (χ3n) is 4.58. The number of aromatic hydroxyl groups is 1. The molecule has 3 aromatic rings. The summed E-state index contributed by atoms with van der Waals surface area (Å²) in [6.07, 6.45) is 3.27. The van der Waals surface area contributed by atoms with Crippen LogP contribution in [0.15, 0.2) is 56.7 Å². The molecule has 1 amide bonds. The van der Waals surface area contributed by atoms with Crippen LogP contribution in [0, 0.1) is 0 Å². The van der Waals surface area contributed by atoms with Gasteiger partial charge in [0.25, 0.3) is 0 Å². The first-order valence-electron chi connectivity index (χ1n) is 8.96. The summed E-state index contributed by atoms with van der Waals surface area (Å²) in [4.78, 5) is 31.6. The van der Waals surface area contributed by atoms with E-state index in [1.807, 2.05) is 18.2 Å². The predicted molar refractivity (Wildman–Crippen MR) is 119 cm³/mol. The van der Waals surface area contributed by atoms with Gasteiger partial charge in [-0.15, -0.1) is 0 Å². The van der Waals surface area contributed by atoms with E-state index in [1.165, 1.54) is 7.11 Å². The van der Waals surface area contributed by atoms with E-state index in [2.05, 4.69) is 31.2 Å². The van der Waals surface area contributed by atoms with Gasteiger partial charge in [-0.1, -0.05) is 28.1 Å². The van der Waals surface area contributed by atoms with Crippen molar-refractivity contribution in [2.75, 3.05) is 12.4 Å². The van der Waals surface area contributed by atoms with E-state index in [4.69, 9.17) is 4.74 Å². The van der Waals surface area contributed by atoms with Crippen molar-refractivity contribution in [3.8, 4) is 11.6 Å². The number of ether oxygens (including phenoxy) is 1. The number of hydrogen-bond acceptors (Lipinski definition) is 5. The van der Waals surface area contributed by atoms with Crippen LogP contribution in [-0.2, 0) is 11.3 Å². The highest BCUT2D eigenvalue weighted by molar-refractivity contribution is 9.10. The van der Waals surface area contributed by atoms with Crippen LogP contribution in [0.5, 0.6) is 11.6 Å². The molecule has 0 saturated heterocycles. The number of aromatic amines is 1. The second-order valence-corrected chi connectivity index (χ2v) is 7.44. The van der Waals surface area contributed by atoms with Crippen LogP contribution in [0.3, 0.4) is 0 Å². The zero-order chi connectivity index (χ0) is 21.3. The number of H-pyrrole nitrogens is 1. The highest BCUT2D eigenvalue weighted by Gasteiger charge is 2.18. The zero-order valence-electron chi connectivity index (χ0n) is 15.8. The first kappa shape index (κ1) is 19.7. The van der Waals surface area contributed by atoms with Crippen molar-refractivity contribution < 1.29 is 14.6 Å². The number of nitrogens with zero attached hydrogens (tertiary/aromatic N) is 2. The first-order valence-corrected chi connectivity index (χ1v) is 9.76. The van der Waals surface area contributed by atoms with E-state index in [-0.39, 0.29) is 18.1 Å². The molecule has 0 bridgehead atoms. The van der Waals surface area contributed by atoms with Crippen LogP contribution < -0.4 is 15.7 Å². The molecular weight excluding hydrogens is 452 g/mol. The lowest BCUT2D eigenvalue weighted by Crippen LogP contribution is -2.25. The molecule has 0 radical (unpaired) electrons. The number of methoxy groups -OCH3 is 1. The number of imidazole rings is 1. The van der Waals surface area contributed by atoms with Gasteiger partial charge in [-0.05, 0) is 36.4 Å². The Bertz CT molecular complexity index is 1260. The Hall–Kier alpha value is -3.59. The van der Waals surface area contributed by atoms with Gasteiger partial charge >= 0.3 is 5.69 Å². The number of aliphatic imine (C=N–C) groups is 1. The van der Waals surface area contributed by atoms with Gasteiger partial charge in [0.2, 0.25) is 11.8 Å². The van der Waals surface area contributed by atoms with Crippen LogP contribution in [-0.4, -0.2) is 33.9 Å². The first-order chi connectivity index (χ1) is 14.5. The van der Waals surface area contributed by atoms with E-state index in [0.717, 1.165) is 25.9 Å². The number of nitrogens with one attached hydrogen (secondary N) is 2. The fourth-order valence-corrected chi connectivity index (χ4v) is 3.50. The number of fused-ring (bicyclic) bond motifs is 1. The van der Waals surface area contributed by atoms with Crippen LogP contribution in [0.4, 0.5) is 11.4 Å². The molecule has 30 heavy (non-hydrogen) atoms. The molecule has 0 aliphatic carbocycles. The minimum Gasteiger partial charge on any atom is -0.495 e. The van der Waals surface area contributed by atoms with Crippen molar-refractivity contribution >= 4 is 51.1 Å². The summed E-state index contributed by atoms with van der Waals surface area (Å²) in [5.74, 6) is -0.321. The number of rotatable bonds is 5. The van der Waals surface area contributed by atoms with Crippen LogP contribution in [0.25, 0.3) is 11.6 Å². The number of allylic oxidation sites excluding steroid dienone is 1. The molecule has 2 aromatic carbocycles. The normalized spacial score (nSPS) is 13.5. The molecule has 0 fully saturated rings. The van der Waals surface area contributed by atoms with Gasteiger partial charge in [-0.2, -0.15) is 0 Å². The molecule has 8 nitrogen and oxygen atoms in total. The summed E-state index contributed by atoms with van der Waals surface area (Å²) in [6.45, 7) is -0.362. The molecular formula is C21H17BrN4O4. The van der Waals surface area contributed by atoms with E-state index in [1.54, 1.807) is 36.6 Å². The number of carbonyl (C=O) groups excluding carboxylic acids is 1. The van der Waals surface area contributed by atoms with E-state index in [0.29, 0.717) is 11.4 Å². The molecule has 1 aliphatic heterocycles. The van der Waals surface area contributed by atoms with Crippen molar-refractivity contribution in [1.29, 1.82) is 0 Å². The zero-order valence-corrected chi connectivity index (χ0v) is 17.4. The molecule has 0 saturated carbocycles. The molecule has 0 unspecified atom stereocenters. The number of anilines is 1. The molecule has 0 atom stereocenters. The lowest BCUT2D eigenvalue weighted by molar-refractivity contribution is -0.116. The van der Waals surface area contributed by atoms with Crippen LogP contribution in [0.2, 0.25) is 0 Å². The maximum absolute atomic E-state index is 12.4. The maximum atomic E-state index is 12.4. The number of para-hydroxylation sites is 2. The van der Waals surface area contributed by atoms with Gasteiger partial charge in [-0.25, -0.2) is 4.79 Å². The summed E-state index contributed by atoms with van der Waals surface area (Å²) in [7, 11) is 1.50. The molecule has 2 heterocycles. The SMILES string of the molecule is COc1ccccc1NC(=O)Cn1c(O)c(C=C2C=Nc3ccc(Br)cc32)[nH]c1=O. The summed E-state index contributed by atoms with van der Waals surface area (Å²) in [5.41, 5.74) is 2.46. The summed E-state index contributed by atoms with van der Waals surface area (Å²) < 4.78 is 7.05. The fraction of sp³-hybridized carbons (Fsp3) is 0.0952. The van der Waals surface area contributed by atoms with Crippen molar-refractivity contribution in [2.24, 2.45) is 4.99 Å². The van der Waals surface area contributed by atoms with Gasteiger partial charge in [-0.3, -0.25) is 14.4 Å². The number of hydrogen-bond donors (Lipinski definition) is 3. The van der Waals surface area contributed by atoms with Crippen molar-refractivity contribution in [2.45, 2.75) is 6.54 Å². The van der Waals surface area contributed by atoms with Crippen molar-refractivity contribution in [3.63, 3.8) is 0 Å². The second kappa shape index (κ2) is 8.03. The molecule has 152 valence electrons. The van der Waals surface area contributed by atoms with E-state index >= 15 is 0 Å². The third-order valence-corrected chi connectivity index (χ3v) is 5.07. The quantitative estimate of drug-likeness (QED) is 0.531. The van der Waals surface area contributed by atoms with Crippen molar-refractivity contribution in [1.82, 2.24) is 9.55 Å². The minimum atomic E-state index is -0.598. The highest BCUT2D eigenvalue weighted by atomic mass is 79.9. The third kappa shape index (κ3) is 3.79. The Labute approximate surface area is 179 Å². The Kier molecular flexibility index (Phi) is 5.28.